The molecule has 0 saturated heterocycles. The summed E-state index contributed by atoms with van der Waals surface area (Å²) in [7, 11) is 0. The monoisotopic (exact) mass is 313 g/mol. The van der Waals surface area contributed by atoms with Gasteiger partial charge in [-0.3, -0.25) is 0 Å². The molecule has 0 aliphatic rings. The van der Waals surface area contributed by atoms with E-state index >= 15 is 0 Å². The van der Waals surface area contributed by atoms with Gasteiger partial charge in [-0.25, -0.2) is 4.98 Å². The van der Waals surface area contributed by atoms with E-state index in [1.165, 1.54) is 0 Å². The molecule has 0 aliphatic heterocycles. The fourth-order valence-corrected chi connectivity index (χ4v) is 2.30. The van der Waals surface area contributed by atoms with Gasteiger partial charge in [0.15, 0.2) is 0 Å². The molecule has 94 valence electrons. The highest BCUT2D eigenvalue weighted by Crippen LogP contribution is 2.24. The number of nitrogens with zero attached hydrogens (tertiary/aromatic N) is 1. The van der Waals surface area contributed by atoms with Crippen LogP contribution < -0.4 is 4.74 Å². The number of fused-ring (bicyclic) bond motifs is 1. The summed E-state index contributed by atoms with van der Waals surface area (Å²) < 4.78 is 6.72. The average Bonchev–Trinajstić information content (AvgIpc) is 2.46. The van der Waals surface area contributed by atoms with E-state index in [1.807, 2.05) is 48.5 Å². The van der Waals surface area contributed by atoms with E-state index < -0.39 is 0 Å². The molecule has 0 saturated carbocycles. The summed E-state index contributed by atoms with van der Waals surface area (Å²) in [4.78, 5) is 4.58. The van der Waals surface area contributed by atoms with Crippen molar-refractivity contribution < 1.29 is 4.74 Å². The molecule has 1 heterocycles. The molecule has 1 aromatic heterocycles. The van der Waals surface area contributed by atoms with Crippen molar-refractivity contribution in [1.82, 2.24) is 4.98 Å². The standard InChI is InChI=1S/C16H12BrNO/c17-14-6-2-4-8-16(14)19-11-13-10-9-12-5-1-3-7-15(12)18-13/h1-10H,11H2. The van der Waals surface area contributed by atoms with E-state index in [9.17, 15) is 0 Å². The SMILES string of the molecule is Brc1ccccc1OCc1ccc2ccccc2n1. The van der Waals surface area contributed by atoms with Gasteiger partial charge in [-0.2, -0.15) is 0 Å². The van der Waals surface area contributed by atoms with Crippen molar-refractivity contribution in [2.75, 3.05) is 0 Å². The molecule has 0 radical (unpaired) electrons. The zero-order valence-electron chi connectivity index (χ0n) is 10.2. The van der Waals surface area contributed by atoms with Crippen molar-refractivity contribution in [3.63, 3.8) is 0 Å². The first-order valence-electron chi connectivity index (χ1n) is 6.05. The van der Waals surface area contributed by atoms with Crippen molar-refractivity contribution in [2.45, 2.75) is 6.61 Å². The number of rotatable bonds is 3. The molecule has 3 aromatic rings. The minimum Gasteiger partial charge on any atom is -0.486 e. The van der Waals surface area contributed by atoms with Gasteiger partial charge in [-0.1, -0.05) is 36.4 Å². The minimum absolute atomic E-state index is 0.466. The van der Waals surface area contributed by atoms with Gasteiger partial charge in [0.1, 0.15) is 12.4 Å². The number of halogens is 1. The van der Waals surface area contributed by atoms with Crippen molar-refractivity contribution in [2.24, 2.45) is 0 Å². The third-order valence-electron chi connectivity index (χ3n) is 2.87. The second-order valence-electron chi connectivity index (χ2n) is 4.21. The van der Waals surface area contributed by atoms with Crippen molar-refractivity contribution in [1.29, 1.82) is 0 Å². The molecule has 3 heteroatoms. The van der Waals surface area contributed by atoms with E-state index in [0.29, 0.717) is 6.61 Å². The van der Waals surface area contributed by atoms with Crippen LogP contribution in [0.5, 0.6) is 5.75 Å². The molecule has 0 N–H and O–H groups in total. The molecule has 2 aromatic carbocycles. The molecule has 2 nitrogen and oxygen atoms in total. The predicted octanol–water partition coefficient (Wildman–Crippen LogP) is 4.58. The van der Waals surface area contributed by atoms with Crippen LogP contribution >= 0.6 is 15.9 Å². The van der Waals surface area contributed by atoms with Gasteiger partial charge in [0.25, 0.3) is 0 Å². The van der Waals surface area contributed by atoms with Gasteiger partial charge in [0.2, 0.25) is 0 Å². The number of benzene rings is 2. The summed E-state index contributed by atoms with van der Waals surface area (Å²) in [6, 6.07) is 20.0. The number of aromatic nitrogens is 1. The fraction of sp³-hybridized carbons (Fsp3) is 0.0625. The minimum atomic E-state index is 0.466. The lowest BCUT2D eigenvalue weighted by atomic mass is 10.2. The first-order chi connectivity index (χ1) is 9.33. The third-order valence-corrected chi connectivity index (χ3v) is 3.52. The number of hydrogen-bond donors (Lipinski definition) is 0. The summed E-state index contributed by atoms with van der Waals surface area (Å²) in [6.45, 7) is 0.466. The number of ether oxygens (including phenoxy) is 1. The van der Waals surface area contributed by atoms with Gasteiger partial charge >= 0.3 is 0 Å². The Labute approximate surface area is 120 Å². The van der Waals surface area contributed by atoms with Gasteiger partial charge in [-0.05, 0) is 40.2 Å². The zero-order chi connectivity index (χ0) is 13.1. The van der Waals surface area contributed by atoms with Crippen molar-refractivity contribution >= 4 is 26.8 Å². The molecule has 0 aliphatic carbocycles. The predicted molar refractivity (Wildman–Crippen MR) is 80.2 cm³/mol. The lowest BCUT2D eigenvalue weighted by molar-refractivity contribution is 0.300. The average molecular weight is 314 g/mol. The maximum Gasteiger partial charge on any atom is 0.134 e. The first kappa shape index (κ1) is 12.2. The highest BCUT2D eigenvalue weighted by atomic mass is 79.9. The molecular weight excluding hydrogens is 302 g/mol. The second-order valence-corrected chi connectivity index (χ2v) is 5.07. The topological polar surface area (TPSA) is 22.1 Å². The summed E-state index contributed by atoms with van der Waals surface area (Å²) in [5.74, 6) is 0.831. The van der Waals surface area contributed by atoms with E-state index in [2.05, 4.69) is 33.0 Å². The molecular formula is C16H12BrNO. The molecule has 19 heavy (non-hydrogen) atoms. The summed E-state index contributed by atoms with van der Waals surface area (Å²) in [6.07, 6.45) is 0. The Balaban J connectivity index is 1.80. The first-order valence-corrected chi connectivity index (χ1v) is 6.84. The number of pyridine rings is 1. The van der Waals surface area contributed by atoms with Gasteiger partial charge < -0.3 is 4.74 Å². The molecule has 3 rings (SSSR count). The summed E-state index contributed by atoms with van der Waals surface area (Å²) >= 11 is 3.46. The van der Waals surface area contributed by atoms with Crippen LogP contribution in [0.15, 0.2) is 65.1 Å². The fourth-order valence-electron chi connectivity index (χ4n) is 1.90. The molecule has 0 spiro atoms. The van der Waals surface area contributed by atoms with Crippen LogP contribution in [0.3, 0.4) is 0 Å². The van der Waals surface area contributed by atoms with Gasteiger partial charge in [-0.15, -0.1) is 0 Å². The molecule has 0 unspecified atom stereocenters. The zero-order valence-corrected chi connectivity index (χ0v) is 11.8. The normalized spacial score (nSPS) is 10.6. The van der Waals surface area contributed by atoms with Gasteiger partial charge in [0, 0.05) is 5.39 Å². The quantitative estimate of drug-likeness (QED) is 0.706. The van der Waals surface area contributed by atoms with Crippen molar-refractivity contribution in [3.05, 3.63) is 70.8 Å². The van der Waals surface area contributed by atoms with Crippen LogP contribution in [0, 0.1) is 0 Å². The smallest absolute Gasteiger partial charge is 0.134 e. The van der Waals surface area contributed by atoms with E-state index in [4.69, 9.17) is 4.74 Å². The van der Waals surface area contributed by atoms with Crippen LogP contribution in [0.4, 0.5) is 0 Å². The summed E-state index contributed by atoms with van der Waals surface area (Å²) in [5, 5.41) is 1.15. The molecule has 0 atom stereocenters. The Hall–Kier alpha value is -1.87. The highest BCUT2D eigenvalue weighted by Gasteiger charge is 2.02. The van der Waals surface area contributed by atoms with Crippen LogP contribution in [0.25, 0.3) is 10.9 Å². The van der Waals surface area contributed by atoms with E-state index in [0.717, 1.165) is 26.8 Å². The molecule has 0 amide bonds. The Morgan fingerprint density at radius 3 is 2.58 bits per heavy atom. The maximum absolute atomic E-state index is 5.76. The maximum atomic E-state index is 5.76. The third kappa shape index (κ3) is 2.76. The van der Waals surface area contributed by atoms with Gasteiger partial charge in [0.05, 0.1) is 15.7 Å². The van der Waals surface area contributed by atoms with Crippen molar-refractivity contribution in [3.8, 4) is 5.75 Å². The van der Waals surface area contributed by atoms with Crippen LogP contribution in [0.2, 0.25) is 0 Å². The number of hydrogen-bond acceptors (Lipinski definition) is 2. The molecule has 0 fully saturated rings. The van der Waals surface area contributed by atoms with E-state index in [1.54, 1.807) is 0 Å². The largest absolute Gasteiger partial charge is 0.486 e. The lowest BCUT2D eigenvalue weighted by Gasteiger charge is -2.08. The molecule has 0 bridgehead atoms. The Bertz CT molecular complexity index is 712. The summed E-state index contributed by atoms with van der Waals surface area (Å²) in [5.41, 5.74) is 1.92. The lowest BCUT2D eigenvalue weighted by Crippen LogP contribution is -1.98. The second kappa shape index (κ2) is 5.41. The van der Waals surface area contributed by atoms with Crippen LogP contribution in [-0.4, -0.2) is 4.98 Å². The van der Waals surface area contributed by atoms with Crippen LogP contribution in [-0.2, 0) is 6.61 Å². The highest BCUT2D eigenvalue weighted by molar-refractivity contribution is 9.10. The number of para-hydroxylation sites is 2. The van der Waals surface area contributed by atoms with Crippen LogP contribution in [0.1, 0.15) is 5.69 Å². The Morgan fingerprint density at radius 2 is 1.68 bits per heavy atom. The Kier molecular flexibility index (Phi) is 3.47. The Morgan fingerprint density at radius 1 is 0.895 bits per heavy atom. The van der Waals surface area contributed by atoms with E-state index in [-0.39, 0.29) is 0 Å².